The Balaban J connectivity index is 2.81. The minimum absolute atomic E-state index is 0.0706. The molecule has 0 bridgehead atoms. The van der Waals surface area contributed by atoms with E-state index in [1.54, 1.807) is 6.07 Å². The predicted molar refractivity (Wildman–Crippen MR) is 70.8 cm³/mol. The Morgan fingerprint density at radius 1 is 1.65 bits per heavy atom. The Labute approximate surface area is 108 Å². The van der Waals surface area contributed by atoms with Crippen molar-refractivity contribution in [2.45, 2.75) is 26.3 Å². The van der Waals surface area contributed by atoms with Gasteiger partial charge >= 0.3 is 0 Å². The quantitative estimate of drug-likeness (QED) is 0.786. The Morgan fingerprint density at radius 3 is 2.88 bits per heavy atom. The molecule has 0 saturated carbocycles. The lowest BCUT2D eigenvalue weighted by Gasteiger charge is -2.17. The molecular formula is C11H16BrN3O2. The molecule has 1 heterocycles. The second-order valence-corrected chi connectivity index (χ2v) is 4.88. The molecule has 0 aliphatic rings. The lowest BCUT2D eigenvalue weighted by molar-refractivity contribution is -0.118. The van der Waals surface area contributed by atoms with Crippen molar-refractivity contribution >= 4 is 27.5 Å². The summed E-state index contributed by atoms with van der Waals surface area (Å²) in [5.74, 6) is -0.274. The van der Waals surface area contributed by atoms with Crippen molar-refractivity contribution in [2.24, 2.45) is 11.7 Å². The van der Waals surface area contributed by atoms with Crippen molar-refractivity contribution in [3.8, 4) is 0 Å². The average molecular weight is 302 g/mol. The van der Waals surface area contributed by atoms with Gasteiger partial charge in [0.1, 0.15) is 5.69 Å². The first-order valence-electron chi connectivity index (χ1n) is 5.40. The van der Waals surface area contributed by atoms with Crippen molar-refractivity contribution in [3.05, 3.63) is 27.1 Å². The maximum atomic E-state index is 11.8. The molecule has 0 fully saturated rings. The van der Waals surface area contributed by atoms with Gasteiger partial charge in [0, 0.05) is 10.7 Å². The van der Waals surface area contributed by atoms with E-state index < -0.39 is 6.04 Å². The number of carbonyl (C=O) groups excluding carboxylic acids is 1. The van der Waals surface area contributed by atoms with Crippen molar-refractivity contribution < 1.29 is 4.79 Å². The van der Waals surface area contributed by atoms with E-state index in [0.717, 1.165) is 6.42 Å². The van der Waals surface area contributed by atoms with Gasteiger partial charge in [-0.1, -0.05) is 20.3 Å². The third-order valence-corrected chi connectivity index (χ3v) is 3.14. The van der Waals surface area contributed by atoms with Crippen LogP contribution in [0.1, 0.15) is 20.3 Å². The smallest absolute Gasteiger partial charge is 0.271 e. The molecule has 2 atom stereocenters. The van der Waals surface area contributed by atoms with E-state index in [9.17, 15) is 9.59 Å². The molecule has 4 N–H and O–H groups in total. The van der Waals surface area contributed by atoms with E-state index in [1.807, 2.05) is 13.8 Å². The molecule has 0 saturated heterocycles. The topological polar surface area (TPSA) is 88.0 Å². The number of hydrogen-bond donors (Lipinski definition) is 3. The fourth-order valence-corrected chi connectivity index (χ4v) is 1.62. The van der Waals surface area contributed by atoms with Crippen LogP contribution in [-0.2, 0) is 4.79 Å². The molecule has 0 spiro atoms. The van der Waals surface area contributed by atoms with Gasteiger partial charge in [0.25, 0.3) is 5.56 Å². The molecule has 5 nitrogen and oxygen atoms in total. The number of aromatic amines is 1. The largest absolute Gasteiger partial charge is 0.326 e. The van der Waals surface area contributed by atoms with E-state index in [4.69, 9.17) is 5.73 Å². The first kappa shape index (κ1) is 13.9. The van der Waals surface area contributed by atoms with Gasteiger partial charge in [0.2, 0.25) is 5.91 Å². The number of halogens is 1. The Hall–Kier alpha value is -1.14. The van der Waals surface area contributed by atoms with Crippen LogP contribution in [0.3, 0.4) is 0 Å². The average Bonchev–Trinajstić information content (AvgIpc) is 2.31. The maximum Gasteiger partial charge on any atom is 0.271 e. The number of rotatable bonds is 4. The van der Waals surface area contributed by atoms with Crippen molar-refractivity contribution in [2.75, 3.05) is 5.32 Å². The Kier molecular flexibility index (Phi) is 4.89. The summed E-state index contributed by atoms with van der Waals surface area (Å²) >= 11 is 3.21. The summed E-state index contributed by atoms with van der Waals surface area (Å²) in [5.41, 5.74) is 5.62. The molecule has 1 amide bonds. The zero-order chi connectivity index (χ0) is 13.0. The van der Waals surface area contributed by atoms with Crippen LogP contribution in [0.25, 0.3) is 0 Å². The number of pyridine rings is 1. The number of amides is 1. The van der Waals surface area contributed by atoms with E-state index >= 15 is 0 Å². The van der Waals surface area contributed by atoms with E-state index in [0.29, 0.717) is 4.47 Å². The molecule has 0 aliphatic carbocycles. The molecule has 0 radical (unpaired) electrons. The lowest BCUT2D eigenvalue weighted by Crippen LogP contribution is -2.41. The van der Waals surface area contributed by atoms with Gasteiger partial charge in [-0.25, -0.2) is 0 Å². The third kappa shape index (κ3) is 3.67. The van der Waals surface area contributed by atoms with Gasteiger partial charge in [-0.05, 0) is 27.9 Å². The van der Waals surface area contributed by atoms with Crippen molar-refractivity contribution in [1.29, 1.82) is 0 Å². The van der Waals surface area contributed by atoms with Crippen LogP contribution < -0.4 is 16.6 Å². The van der Waals surface area contributed by atoms with Gasteiger partial charge in [-0.2, -0.15) is 0 Å². The number of nitrogens with one attached hydrogen (secondary N) is 2. The normalized spacial score (nSPS) is 14.1. The SMILES string of the molecule is CCC(C)C(N)C(=O)Nc1cc(Br)c[nH]c1=O. The molecule has 94 valence electrons. The van der Waals surface area contributed by atoms with Gasteiger partial charge < -0.3 is 16.0 Å². The highest BCUT2D eigenvalue weighted by Crippen LogP contribution is 2.12. The summed E-state index contributed by atoms with van der Waals surface area (Å²) in [7, 11) is 0. The Bertz CT molecular complexity index is 458. The predicted octanol–water partition coefficient (Wildman–Crippen LogP) is 1.45. The summed E-state index contributed by atoms with van der Waals surface area (Å²) in [6.45, 7) is 3.86. The highest BCUT2D eigenvalue weighted by Gasteiger charge is 2.20. The zero-order valence-electron chi connectivity index (χ0n) is 9.79. The zero-order valence-corrected chi connectivity index (χ0v) is 11.4. The molecule has 1 rings (SSSR count). The van der Waals surface area contributed by atoms with Gasteiger partial charge in [0.05, 0.1) is 6.04 Å². The Morgan fingerprint density at radius 2 is 2.29 bits per heavy atom. The number of anilines is 1. The molecule has 17 heavy (non-hydrogen) atoms. The van der Waals surface area contributed by atoms with Crippen LogP contribution in [0.15, 0.2) is 21.5 Å². The van der Waals surface area contributed by atoms with Crippen LogP contribution in [0.4, 0.5) is 5.69 Å². The summed E-state index contributed by atoms with van der Waals surface area (Å²) in [5, 5.41) is 2.53. The third-order valence-electron chi connectivity index (χ3n) is 2.69. The van der Waals surface area contributed by atoms with Gasteiger partial charge in [-0.15, -0.1) is 0 Å². The van der Waals surface area contributed by atoms with Crippen LogP contribution in [0.5, 0.6) is 0 Å². The minimum atomic E-state index is -0.613. The number of hydrogen-bond acceptors (Lipinski definition) is 3. The molecule has 0 aromatic carbocycles. The molecule has 1 aromatic heterocycles. The van der Waals surface area contributed by atoms with Crippen LogP contribution in [0, 0.1) is 5.92 Å². The van der Waals surface area contributed by atoms with Crippen LogP contribution in [0.2, 0.25) is 0 Å². The number of carbonyl (C=O) groups is 1. The number of nitrogens with two attached hydrogens (primary N) is 1. The second kappa shape index (κ2) is 5.97. The second-order valence-electron chi connectivity index (χ2n) is 3.96. The lowest BCUT2D eigenvalue weighted by atomic mass is 9.99. The highest BCUT2D eigenvalue weighted by molar-refractivity contribution is 9.10. The van der Waals surface area contributed by atoms with Gasteiger partial charge in [-0.3, -0.25) is 9.59 Å². The molecule has 2 unspecified atom stereocenters. The number of H-pyrrole nitrogens is 1. The van der Waals surface area contributed by atoms with Crippen LogP contribution >= 0.6 is 15.9 Å². The number of aromatic nitrogens is 1. The molecular weight excluding hydrogens is 286 g/mol. The summed E-state index contributed by atoms with van der Waals surface area (Å²) in [6, 6.07) is 0.929. The molecule has 1 aromatic rings. The standard InChI is InChI=1S/C11H16BrN3O2/c1-3-6(2)9(13)11(17)15-8-4-7(12)5-14-10(8)16/h4-6,9H,3,13H2,1-2H3,(H,14,16)(H,15,17). The monoisotopic (exact) mass is 301 g/mol. The summed E-state index contributed by atoms with van der Waals surface area (Å²) < 4.78 is 0.685. The van der Waals surface area contributed by atoms with Crippen molar-refractivity contribution in [3.63, 3.8) is 0 Å². The van der Waals surface area contributed by atoms with E-state index in [-0.39, 0.29) is 23.1 Å². The molecule has 0 aliphatic heterocycles. The fraction of sp³-hybridized carbons (Fsp3) is 0.455. The first-order valence-corrected chi connectivity index (χ1v) is 6.19. The van der Waals surface area contributed by atoms with E-state index in [2.05, 4.69) is 26.2 Å². The van der Waals surface area contributed by atoms with E-state index in [1.165, 1.54) is 6.20 Å². The highest BCUT2D eigenvalue weighted by atomic mass is 79.9. The molecule has 6 heteroatoms. The van der Waals surface area contributed by atoms with Crippen LogP contribution in [-0.4, -0.2) is 16.9 Å². The first-order chi connectivity index (χ1) is 7.95. The van der Waals surface area contributed by atoms with Gasteiger partial charge in [0.15, 0.2) is 0 Å². The minimum Gasteiger partial charge on any atom is -0.326 e. The fourth-order valence-electron chi connectivity index (χ4n) is 1.28. The summed E-state index contributed by atoms with van der Waals surface area (Å²) in [6.07, 6.45) is 2.32. The van der Waals surface area contributed by atoms with Crippen molar-refractivity contribution in [1.82, 2.24) is 4.98 Å². The maximum absolute atomic E-state index is 11.8. The summed E-state index contributed by atoms with van der Waals surface area (Å²) in [4.78, 5) is 25.7.